The van der Waals surface area contributed by atoms with Gasteiger partial charge in [0.05, 0.1) is 31.0 Å². The lowest BCUT2D eigenvalue weighted by Crippen LogP contribution is -2.29. The number of carbonyl (C=O) groups excluding carboxylic acids is 3. The van der Waals surface area contributed by atoms with Crippen molar-refractivity contribution in [3.63, 3.8) is 0 Å². The third-order valence-electron chi connectivity index (χ3n) is 7.17. The van der Waals surface area contributed by atoms with E-state index in [0.29, 0.717) is 35.6 Å². The van der Waals surface area contributed by atoms with E-state index in [1.54, 1.807) is 43.3 Å². The lowest BCUT2D eigenvalue weighted by Gasteiger charge is -2.23. The number of unbranched alkanes of at least 4 members (excludes halogenated alkanes) is 2. The molecular formula is C31H32N2O7S. The molecule has 10 heteroatoms. The first kappa shape index (κ1) is 28.4. The maximum absolute atomic E-state index is 13.6. The molecule has 0 spiro atoms. The highest BCUT2D eigenvalue weighted by Crippen LogP contribution is 2.45. The van der Waals surface area contributed by atoms with Crippen LogP contribution in [-0.2, 0) is 20.7 Å². The highest BCUT2D eigenvalue weighted by Gasteiger charge is 2.48. The minimum atomic E-state index is -1.01. The van der Waals surface area contributed by atoms with Crippen LogP contribution in [0.15, 0.2) is 48.0 Å². The highest BCUT2D eigenvalue weighted by molar-refractivity contribution is 7.17. The van der Waals surface area contributed by atoms with Gasteiger partial charge in [0, 0.05) is 12.0 Å². The number of rotatable bonds is 9. The van der Waals surface area contributed by atoms with Crippen LogP contribution >= 0.6 is 11.3 Å². The monoisotopic (exact) mass is 576 g/mol. The number of hydrogen-bond acceptors (Lipinski definition) is 9. The van der Waals surface area contributed by atoms with Crippen molar-refractivity contribution in [1.82, 2.24) is 4.98 Å². The number of thiazole rings is 1. The van der Waals surface area contributed by atoms with E-state index in [1.165, 1.54) is 12.0 Å². The Balaban J connectivity index is 1.63. The van der Waals surface area contributed by atoms with Crippen LogP contribution in [-0.4, -0.2) is 47.6 Å². The van der Waals surface area contributed by atoms with Crippen molar-refractivity contribution in [2.24, 2.45) is 0 Å². The summed E-state index contributed by atoms with van der Waals surface area (Å²) in [6, 6.07) is 11.3. The number of aromatic nitrogens is 1. The number of ketones is 1. The molecule has 2 atom stereocenters. The zero-order chi connectivity index (χ0) is 29.3. The van der Waals surface area contributed by atoms with Gasteiger partial charge in [0.1, 0.15) is 28.2 Å². The van der Waals surface area contributed by atoms with Gasteiger partial charge in [-0.15, -0.1) is 0 Å². The molecule has 1 aromatic heterocycles. The summed E-state index contributed by atoms with van der Waals surface area (Å²) >= 11 is 0.958. The van der Waals surface area contributed by atoms with Crippen LogP contribution in [0.3, 0.4) is 0 Å². The van der Waals surface area contributed by atoms with Gasteiger partial charge in [0.25, 0.3) is 5.78 Å². The predicted octanol–water partition coefficient (Wildman–Crippen LogP) is 5.76. The topological polar surface area (TPSA) is 115 Å². The Kier molecular flexibility index (Phi) is 8.12. The summed E-state index contributed by atoms with van der Waals surface area (Å²) in [6.45, 7) is 6.24. The summed E-state index contributed by atoms with van der Waals surface area (Å²) in [5.41, 5.74) is 2.18. The predicted molar refractivity (Wildman–Crippen MR) is 155 cm³/mol. The molecule has 2 aromatic carbocycles. The maximum Gasteiger partial charge on any atom is 0.350 e. The van der Waals surface area contributed by atoms with Crippen LogP contribution in [0.5, 0.6) is 11.5 Å². The number of fused-ring (bicyclic) bond motifs is 1. The number of aliphatic hydroxyl groups is 1. The summed E-state index contributed by atoms with van der Waals surface area (Å²) in [5.74, 6) is -1.27. The highest BCUT2D eigenvalue weighted by atomic mass is 32.1. The molecule has 0 bridgehead atoms. The maximum atomic E-state index is 13.6. The van der Waals surface area contributed by atoms with Gasteiger partial charge in [-0.25, -0.2) is 9.78 Å². The van der Waals surface area contributed by atoms with Crippen LogP contribution in [0.2, 0.25) is 0 Å². The molecule has 2 aliphatic rings. The van der Waals surface area contributed by atoms with Crippen molar-refractivity contribution >= 4 is 39.9 Å². The minimum absolute atomic E-state index is 0.00481. The SMILES string of the molecule is CCCCCOc1cccc([C@H]2/C(=C(\O)c3ccc4c(c3)C[C@H](C)O4)C(=O)C(=O)N2c2nc(C)c(C(=O)OC)s2)c1. The van der Waals surface area contributed by atoms with Crippen molar-refractivity contribution in [2.75, 3.05) is 18.6 Å². The normalized spacial score (nSPS) is 19.3. The standard InChI is InChI=1S/C31H32N2O7S/c1-5-6-7-13-39-22-10-8-9-19(16-22)25-24(26(34)20-11-12-23-21(15-20)14-17(2)40-23)27(35)29(36)33(25)31-32-18(3)28(41-31)30(37)38-4/h8-12,15-17,25,34H,5-7,13-14H2,1-4H3/b26-24+/t17-,25-/m0/s1. The van der Waals surface area contributed by atoms with E-state index in [4.69, 9.17) is 14.2 Å². The zero-order valence-electron chi connectivity index (χ0n) is 23.4. The average molecular weight is 577 g/mol. The second kappa shape index (κ2) is 11.7. The Morgan fingerprint density at radius 2 is 2.00 bits per heavy atom. The van der Waals surface area contributed by atoms with E-state index in [2.05, 4.69) is 11.9 Å². The van der Waals surface area contributed by atoms with Crippen LogP contribution in [0, 0.1) is 6.92 Å². The number of carbonyl (C=O) groups is 3. The smallest absolute Gasteiger partial charge is 0.350 e. The number of benzene rings is 2. The number of esters is 1. The fourth-order valence-electron chi connectivity index (χ4n) is 5.15. The van der Waals surface area contributed by atoms with Crippen molar-refractivity contribution < 1.29 is 33.7 Å². The van der Waals surface area contributed by atoms with Crippen molar-refractivity contribution in [3.05, 3.63) is 75.3 Å². The molecule has 1 saturated heterocycles. The van der Waals surface area contributed by atoms with E-state index in [9.17, 15) is 19.5 Å². The fourth-order valence-corrected chi connectivity index (χ4v) is 6.17. The van der Waals surface area contributed by atoms with E-state index < -0.39 is 23.7 Å². The number of Topliss-reactive ketones (excluding diaryl/α,β-unsaturated/α-hetero) is 1. The van der Waals surface area contributed by atoms with Gasteiger partial charge >= 0.3 is 11.9 Å². The molecule has 0 saturated carbocycles. The first-order valence-corrected chi connectivity index (χ1v) is 14.4. The molecular weight excluding hydrogens is 544 g/mol. The molecule has 2 aliphatic heterocycles. The average Bonchev–Trinajstić information content (AvgIpc) is 3.62. The number of anilines is 1. The van der Waals surface area contributed by atoms with E-state index in [1.807, 2.05) is 13.0 Å². The molecule has 1 N–H and O–H groups in total. The molecule has 1 fully saturated rings. The third kappa shape index (κ3) is 5.44. The first-order valence-electron chi connectivity index (χ1n) is 13.6. The Morgan fingerprint density at radius 3 is 2.76 bits per heavy atom. The van der Waals surface area contributed by atoms with Crippen LogP contribution in [0.1, 0.15) is 71.2 Å². The largest absolute Gasteiger partial charge is 0.507 e. The second-order valence-electron chi connectivity index (χ2n) is 10.2. The number of methoxy groups -OCH3 is 1. The summed E-state index contributed by atoms with van der Waals surface area (Å²) in [4.78, 5) is 45.4. The molecule has 9 nitrogen and oxygen atoms in total. The molecule has 0 radical (unpaired) electrons. The van der Waals surface area contributed by atoms with Crippen LogP contribution in [0.25, 0.3) is 5.76 Å². The molecule has 41 heavy (non-hydrogen) atoms. The number of aliphatic hydroxyl groups excluding tert-OH is 1. The summed E-state index contributed by atoms with van der Waals surface area (Å²) in [6.07, 6.45) is 3.67. The number of aryl methyl sites for hydroxylation is 1. The van der Waals surface area contributed by atoms with Gasteiger partial charge in [-0.1, -0.05) is 43.2 Å². The number of amides is 1. The molecule has 3 aromatic rings. The number of nitrogens with zero attached hydrogens (tertiary/aromatic N) is 2. The van der Waals surface area contributed by atoms with Crippen LogP contribution < -0.4 is 14.4 Å². The fraction of sp³-hybridized carbons (Fsp3) is 0.355. The lowest BCUT2D eigenvalue weighted by atomic mass is 9.94. The van der Waals surface area contributed by atoms with Crippen molar-refractivity contribution in [2.45, 2.75) is 58.6 Å². The quantitative estimate of drug-likeness (QED) is 0.112. The van der Waals surface area contributed by atoms with Gasteiger partial charge in [0.2, 0.25) is 0 Å². The Bertz CT molecular complexity index is 1540. The third-order valence-corrected chi connectivity index (χ3v) is 8.30. The molecule has 5 rings (SSSR count). The van der Waals surface area contributed by atoms with E-state index >= 15 is 0 Å². The number of ether oxygens (including phenoxy) is 3. The van der Waals surface area contributed by atoms with E-state index in [-0.39, 0.29) is 27.4 Å². The molecule has 214 valence electrons. The van der Waals surface area contributed by atoms with E-state index in [0.717, 1.165) is 41.9 Å². The van der Waals surface area contributed by atoms with Crippen molar-refractivity contribution in [1.29, 1.82) is 0 Å². The Morgan fingerprint density at radius 1 is 1.20 bits per heavy atom. The van der Waals surface area contributed by atoms with Crippen molar-refractivity contribution in [3.8, 4) is 11.5 Å². The first-order chi connectivity index (χ1) is 19.7. The van der Waals surface area contributed by atoms with Gasteiger partial charge in [-0.3, -0.25) is 14.5 Å². The molecule has 3 heterocycles. The van der Waals surface area contributed by atoms with Crippen LogP contribution in [0.4, 0.5) is 5.13 Å². The molecule has 0 unspecified atom stereocenters. The summed E-state index contributed by atoms with van der Waals surface area (Å²) in [5, 5.41) is 11.7. The second-order valence-corrected chi connectivity index (χ2v) is 11.1. The Labute approximate surface area is 242 Å². The minimum Gasteiger partial charge on any atom is -0.507 e. The Hall–Kier alpha value is -4.18. The summed E-state index contributed by atoms with van der Waals surface area (Å²) < 4.78 is 16.6. The zero-order valence-corrected chi connectivity index (χ0v) is 24.2. The van der Waals surface area contributed by atoms with Gasteiger partial charge in [-0.2, -0.15) is 0 Å². The van der Waals surface area contributed by atoms with Gasteiger partial charge in [0.15, 0.2) is 5.13 Å². The molecule has 1 amide bonds. The number of hydrogen-bond donors (Lipinski definition) is 1. The van der Waals surface area contributed by atoms with Gasteiger partial charge < -0.3 is 19.3 Å². The molecule has 0 aliphatic carbocycles. The lowest BCUT2D eigenvalue weighted by molar-refractivity contribution is -0.132. The van der Waals surface area contributed by atoms with Gasteiger partial charge in [-0.05, 0) is 61.7 Å². The summed E-state index contributed by atoms with van der Waals surface area (Å²) in [7, 11) is 1.27.